The lowest BCUT2D eigenvalue weighted by Crippen LogP contribution is -2.40. The quantitative estimate of drug-likeness (QED) is 0.899. The van der Waals surface area contributed by atoms with E-state index in [-0.39, 0.29) is 17.7 Å². The van der Waals surface area contributed by atoms with E-state index in [0.717, 1.165) is 25.3 Å². The zero-order valence-electron chi connectivity index (χ0n) is 13.5. The summed E-state index contributed by atoms with van der Waals surface area (Å²) in [5.41, 5.74) is 0.876. The van der Waals surface area contributed by atoms with Crippen LogP contribution in [0.4, 0.5) is 5.69 Å². The van der Waals surface area contributed by atoms with Gasteiger partial charge in [0, 0.05) is 31.7 Å². The van der Waals surface area contributed by atoms with Crippen LogP contribution in [-0.4, -0.2) is 49.4 Å². The third-order valence-corrected chi connectivity index (χ3v) is 4.74. The van der Waals surface area contributed by atoms with E-state index in [4.69, 9.17) is 0 Å². The van der Waals surface area contributed by atoms with Crippen molar-refractivity contribution in [2.75, 3.05) is 37.6 Å². The van der Waals surface area contributed by atoms with Crippen molar-refractivity contribution in [3.8, 4) is 0 Å². The average molecular weight is 315 g/mol. The van der Waals surface area contributed by atoms with E-state index >= 15 is 0 Å². The molecule has 2 saturated heterocycles. The van der Waals surface area contributed by atoms with Crippen molar-refractivity contribution in [2.45, 2.75) is 25.7 Å². The fourth-order valence-electron chi connectivity index (χ4n) is 3.41. The smallest absolute Gasteiger partial charge is 0.227 e. The number of rotatable bonds is 5. The molecule has 1 aromatic rings. The number of amides is 2. The van der Waals surface area contributed by atoms with Gasteiger partial charge in [-0.1, -0.05) is 24.6 Å². The molecule has 1 N–H and O–H groups in total. The summed E-state index contributed by atoms with van der Waals surface area (Å²) in [6, 6.07) is 9.57. The second kappa shape index (κ2) is 7.59. The molecule has 0 aliphatic carbocycles. The van der Waals surface area contributed by atoms with Gasteiger partial charge in [-0.3, -0.25) is 9.59 Å². The highest BCUT2D eigenvalue weighted by Crippen LogP contribution is 2.24. The van der Waals surface area contributed by atoms with Gasteiger partial charge in [-0.25, -0.2) is 0 Å². The van der Waals surface area contributed by atoms with Crippen LogP contribution in [0.25, 0.3) is 0 Å². The first kappa shape index (κ1) is 16.0. The Morgan fingerprint density at radius 3 is 2.61 bits per heavy atom. The van der Waals surface area contributed by atoms with E-state index in [1.807, 2.05) is 30.3 Å². The number of carbonyl (C=O) groups is 2. The summed E-state index contributed by atoms with van der Waals surface area (Å²) < 4.78 is 0. The molecule has 0 spiro atoms. The van der Waals surface area contributed by atoms with Crippen molar-refractivity contribution in [3.05, 3.63) is 30.3 Å². The van der Waals surface area contributed by atoms with Gasteiger partial charge in [0.05, 0.1) is 5.92 Å². The van der Waals surface area contributed by atoms with Crippen LogP contribution in [0.3, 0.4) is 0 Å². The number of hydrogen-bond donors (Lipinski definition) is 1. The second-order valence-corrected chi connectivity index (χ2v) is 6.43. The minimum absolute atomic E-state index is 0.00814. The first-order chi connectivity index (χ1) is 11.2. The molecular formula is C18H25N3O2. The van der Waals surface area contributed by atoms with Crippen LogP contribution in [-0.2, 0) is 9.59 Å². The third-order valence-electron chi connectivity index (χ3n) is 4.74. The van der Waals surface area contributed by atoms with E-state index in [1.54, 1.807) is 4.90 Å². The third kappa shape index (κ3) is 4.10. The number of piperidine rings is 1. The minimum Gasteiger partial charge on any atom is -0.355 e. The highest BCUT2D eigenvalue weighted by atomic mass is 16.2. The molecule has 2 aliphatic heterocycles. The Kier molecular flexibility index (Phi) is 5.28. The Labute approximate surface area is 137 Å². The first-order valence-electron chi connectivity index (χ1n) is 8.59. The van der Waals surface area contributed by atoms with Gasteiger partial charge >= 0.3 is 0 Å². The summed E-state index contributed by atoms with van der Waals surface area (Å²) in [5, 5.41) is 3.00. The minimum atomic E-state index is -0.232. The number of likely N-dealkylation sites (tertiary alicyclic amines) is 1. The van der Waals surface area contributed by atoms with E-state index in [9.17, 15) is 9.59 Å². The molecule has 0 radical (unpaired) electrons. The van der Waals surface area contributed by atoms with Gasteiger partial charge in [0.2, 0.25) is 11.8 Å². The van der Waals surface area contributed by atoms with Crippen LogP contribution < -0.4 is 10.2 Å². The Balaban J connectivity index is 1.46. The highest BCUT2D eigenvalue weighted by Gasteiger charge is 2.34. The molecule has 3 rings (SSSR count). The maximum atomic E-state index is 12.3. The van der Waals surface area contributed by atoms with E-state index in [1.165, 1.54) is 19.3 Å². The van der Waals surface area contributed by atoms with E-state index < -0.39 is 0 Å². The van der Waals surface area contributed by atoms with Crippen LogP contribution in [0.15, 0.2) is 30.3 Å². The molecule has 5 heteroatoms. The van der Waals surface area contributed by atoms with Crippen LogP contribution >= 0.6 is 0 Å². The Bertz CT molecular complexity index is 540. The molecule has 2 heterocycles. The number of anilines is 1. The van der Waals surface area contributed by atoms with E-state index in [0.29, 0.717) is 19.5 Å². The van der Waals surface area contributed by atoms with Crippen LogP contribution in [0.1, 0.15) is 25.7 Å². The molecule has 23 heavy (non-hydrogen) atoms. The van der Waals surface area contributed by atoms with Gasteiger partial charge in [-0.05, 0) is 38.1 Å². The first-order valence-corrected chi connectivity index (χ1v) is 8.59. The number of nitrogens with zero attached hydrogens (tertiary/aromatic N) is 2. The number of para-hydroxylation sites is 1. The molecule has 0 saturated carbocycles. The summed E-state index contributed by atoms with van der Waals surface area (Å²) >= 11 is 0. The molecule has 1 aromatic carbocycles. The molecule has 2 fully saturated rings. The zero-order chi connectivity index (χ0) is 16.1. The van der Waals surface area contributed by atoms with Crippen molar-refractivity contribution < 1.29 is 9.59 Å². The lowest BCUT2D eigenvalue weighted by molar-refractivity contribution is -0.126. The predicted molar refractivity (Wildman–Crippen MR) is 90.2 cm³/mol. The molecule has 124 valence electrons. The van der Waals surface area contributed by atoms with Crippen molar-refractivity contribution >= 4 is 17.5 Å². The molecule has 2 aliphatic rings. The summed E-state index contributed by atoms with van der Waals surface area (Å²) in [4.78, 5) is 28.6. The van der Waals surface area contributed by atoms with Crippen molar-refractivity contribution in [1.82, 2.24) is 10.2 Å². The summed E-state index contributed by atoms with van der Waals surface area (Å²) in [6.07, 6.45) is 4.15. The monoisotopic (exact) mass is 315 g/mol. The molecule has 1 atom stereocenters. The Hall–Kier alpha value is -1.88. The van der Waals surface area contributed by atoms with Crippen molar-refractivity contribution in [2.24, 2.45) is 5.92 Å². The number of nitrogens with one attached hydrogen (secondary N) is 1. The fraction of sp³-hybridized carbons (Fsp3) is 0.556. The summed E-state index contributed by atoms with van der Waals surface area (Å²) in [5.74, 6) is -0.190. The van der Waals surface area contributed by atoms with Crippen molar-refractivity contribution in [3.63, 3.8) is 0 Å². The Morgan fingerprint density at radius 1 is 1.13 bits per heavy atom. The van der Waals surface area contributed by atoms with Gasteiger partial charge in [-0.15, -0.1) is 0 Å². The predicted octanol–water partition coefficient (Wildman–Crippen LogP) is 1.64. The SMILES string of the molecule is O=C(NCCN1CCCCC1)[C@H]1CC(=O)N(c2ccccc2)C1. The number of carbonyl (C=O) groups excluding carboxylic acids is 2. The lowest BCUT2D eigenvalue weighted by atomic mass is 10.1. The van der Waals surface area contributed by atoms with Crippen molar-refractivity contribution in [1.29, 1.82) is 0 Å². The standard InChI is InChI=1S/C18H25N3O2/c22-17-13-15(14-21(17)16-7-3-1-4-8-16)18(23)19-9-12-20-10-5-2-6-11-20/h1,3-4,7-8,15H,2,5-6,9-14H2,(H,19,23)/t15-/m0/s1. The summed E-state index contributed by atoms with van der Waals surface area (Å²) in [7, 11) is 0. The number of hydrogen-bond acceptors (Lipinski definition) is 3. The highest BCUT2D eigenvalue weighted by molar-refractivity contribution is 6.00. The average Bonchev–Trinajstić information content (AvgIpc) is 2.98. The normalized spacial score (nSPS) is 22.3. The lowest BCUT2D eigenvalue weighted by Gasteiger charge is -2.26. The molecule has 5 nitrogen and oxygen atoms in total. The molecular weight excluding hydrogens is 290 g/mol. The Morgan fingerprint density at radius 2 is 1.87 bits per heavy atom. The van der Waals surface area contributed by atoms with Crippen LogP contribution in [0.5, 0.6) is 0 Å². The largest absolute Gasteiger partial charge is 0.355 e. The molecule has 0 aromatic heterocycles. The maximum absolute atomic E-state index is 12.3. The fourth-order valence-corrected chi connectivity index (χ4v) is 3.41. The molecule has 0 bridgehead atoms. The topological polar surface area (TPSA) is 52.7 Å². The van der Waals surface area contributed by atoms with Gasteiger partial charge in [0.15, 0.2) is 0 Å². The van der Waals surface area contributed by atoms with Crippen LogP contribution in [0.2, 0.25) is 0 Å². The second-order valence-electron chi connectivity index (χ2n) is 6.43. The maximum Gasteiger partial charge on any atom is 0.227 e. The van der Waals surface area contributed by atoms with Gasteiger partial charge < -0.3 is 15.1 Å². The van der Waals surface area contributed by atoms with Gasteiger partial charge in [0.1, 0.15) is 0 Å². The summed E-state index contributed by atoms with van der Waals surface area (Å²) in [6.45, 7) is 4.35. The van der Waals surface area contributed by atoms with Crippen LogP contribution in [0, 0.1) is 5.92 Å². The molecule has 2 amide bonds. The zero-order valence-corrected chi connectivity index (χ0v) is 13.5. The number of benzene rings is 1. The van der Waals surface area contributed by atoms with Gasteiger partial charge in [-0.2, -0.15) is 0 Å². The molecule has 0 unspecified atom stereocenters. The van der Waals surface area contributed by atoms with Gasteiger partial charge in [0.25, 0.3) is 0 Å². The van der Waals surface area contributed by atoms with E-state index in [2.05, 4.69) is 10.2 Å².